The molecule has 0 saturated heterocycles. The fraction of sp³-hybridized carbons (Fsp3) is 0.643. The zero-order chi connectivity index (χ0) is 16.0. The van der Waals surface area contributed by atoms with Crippen LogP contribution in [0.15, 0.2) is 24.6 Å². The third-order valence-electron chi connectivity index (χ3n) is 2.45. The highest BCUT2D eigenvalue weighted by atomic mass is 31.2. The Labute approximate surface area is 126 Å². The Morgan fingerprint density at radius 2 is 1.62 bits per heavy atom. The minimum absolute atomic E-state index is 0.223. The number of carbonyl (C=O) groups excluding carboxylic acids is 1. The number of allylic oxidation sites excluding steroid dienone is 2. The second-order valence-corrected chi connectivity index (χ2v) is 7.23. The number of amides is 1. The Balaban J connectivity index is 2.84. The van der Waals surface area contributed by atoms with E-state index in [1.165, 1.54) is 17.3 Å². The number of hydrogen-bond donors (Lipinski definition) is 0. The summed E-state index contributed by atoms with van der Waals surface area (Å²) < 4.78 is 28.8. The number of nitrogens with zero attached hydrogens (tertiary/aromatic N) is 1. The average molecular weight is 317 g/mol. The van der Waals surface area contributed by atoms with Gasteiger partial charge < -0.3 is 13.8 Å². The molecule has 1 heterocycles. The molecule has 0 radical (unpaired) electrons. The van der Waals surface area contributed by atoms with Gasteiger partial charge in [-0.25, -0.2) is 4.79 Å². The summed E-state index contributed by atoms with van der Waals surface area (Å²) in [7, 11) is -3.33. The molecule has 0 spiro atoms. The molecule has 0 saturated carbocycles. The van der Waals surface area contributed by atoms with Crippen LogP contribution in [0, 0.1) is 0 Å². The second kappa shape index (κ2) is 7.78. The molecule has 6 nitrogen and oxygen atoms in total. The van der Waals surface area contributed by atoms with Gasteiger partial charge in [0.25, 0.3) is 0 Å². The van der Waals surface area contributed by atoms with Crippen LogP contribution in [0.25, 0.3) is 0 Å². The van der Waals surface area contributed by atoms with E-state index in [2.05, 4.69) is 0 Å². The van der Waals surface area contributed by atoms with E-state index in [-0.39, 0.29) is 12.2 Å². The summed E-state index contributed by atoms with van der Waals surface area (Å²) in [5, 5.41) is 0. The lowest BCUT2D eigenvalue weighted by Crippen LogP contribution is -2.25. The lowest BCUT2D eigenvalue weighted by Gasteiger charge is -2.28. The quantitative estimate of drug-likeness (QED) is 0.695. The zero-order valence-corrected chi connectivity index (χ0v) is 14.1. The monoisotopic (exact) mass is 317 g/mol. The normalized spacial score (nSPS) is 16.0. The summed E-state index contributed by atoms with van der Waals surface area (Å²) in [6.07, 6.45) is 5.36. The topological polar surface area (TPSA) is 65.1 Å². The molecular formula is C14H24NO5P. The Kier molecular flexibility index (Phi) is 6.65. The highest BCUT2D eigenvalue weighted by molar-refractivity contribution is 7.55. The Morgan fingerprint density at radius 1 is 1.14 bits per heavy atom. The molecule has 0 bridgehead atoms. The highest BCUT2D eigenvalue weighted by Gasteiger charge is 2.36. The van der Waals surface area contributed by atoms with Gasteiger partial charge in [0.05, 0.1) is 18.8 Å². The van der Waals surface area contributed by atoms with E-state index in [4.69, 9.17) is 13.8 Å². The third-order valence-corrected chi connectivity index (χ3v) is 4.95. The molecule has 1 aliphatic rings. The van der Waals surface area contributed by atoms with Crippen LogP contribution in [0.3, 0.4) is 0 Å². The average Bonchev–Trinajstić information content (AvgIpc) is 2.37. The molecule has 0 aliphatic carbocycles. The molecule has 0 aromatic heterocycles. The number of rotatable bonds is 6. The van der Waals surface area contributed by atoms with E-state index in [9.17, 15) is 9.36 Å². The van der Waals surface area contributed by atoms with Crippen LogP contribution in [0.5, 0.6) is 0 Å². The van der Waals surface area contributed by atoms with E-state index >= 15 is 0 Å². The fourth-order valence-electron chi connectivity index (χ4n) is 1.76. The predicted octanol–water partition coefficient (Wildman–Crippen LogP) is 3.90. The minimum atomic E-state index is -3.33. The molecule has 0 aromatic rings. The van der Waals surface area contributed by atoms with Gasteiger partial charge in [0.2, 0.25) is 0 Å². The van der Waals surface area contributed by atoms with E-state index < -0.39 is 19.3 Å². The molecule has 0 unspecified atom stereocenters. The van der Waals surface area contributed by atoms with Gasteiger partial charge in [0, 0.05) is 12.4 Å². The van der Waals surface area contributed by atoms with Gasteiger partial charge in [0.15, 0.2) is 0 Å². The van der Waals surface area contributed by atoms with Crippen molar-refractivity contribution in [3.05, 3.63) is 24.6 Å². The Hall–Kier alpha value is -1.10. The largest absolute Gasteiger partial charge is 0.449 e. The van der Waals surface area contributed by atoms with Gasteiger partial charge in [-0.15, -0.1) is 0 Å². The first-order valence-corrected chi connectivity index (χ1v) is 8.68. The smallest absolute Gasteiger partial charge is 0.417 e. The number of hydrogen-bond acceptors (Lipinski definition) is 5. The third kappa shape index (κ3) is 5.30. The van der Waals surface area contributed by atoms with E-state index in [0.717, 1.165) is 0 Å². The van der Waals surface area contributed by atoms with Crippen LogP contribution in [-0.2, 0) is 18.3 Å². The van der Waals surface area contributed by atoms with Crippen molar-refractivity contribution in [2.75, 3.05) is 6.61 Å². The lowest BCUT2D eigenvalue weighted by molar-refractivity contribution is 0.131. The first kappa shape index (κ1) is 18.0. The summed E-state index contributed by atoms with van der Waals surface area (Å²) in [6.45, 7) is 9.25. The van der Waals surface area contributed by atoms with Gasteiger partial charge in [-0.3, -0.25) is 9.46 Å². The molecule has 7 heteroatoms. The summed E-state index contributed by atoms with van der Waals surface area (Å²) in [4.78, 5) is 12.9. The van der Waals surface area contributed by atoms with Crippen molar-refractivity contribution in [3.8, 4) is 0 Å². The van der Waals surface area contributed by atoms with Gasteiger partial charge >= 0.3 is 13.7 Å². The van der Waals surface area contributed by atoms with Crippen LogP contribution >= 0.6 is 7.60 Å². The molecule has 1 amide bonds. The van der Waals surface area contributed by atoms with E-state index in [1.807, 2.05) is 0 Å². The molecule has 1 aliphatic heterocycles. The van der Waals surface area contributed by atoms with Crippen molar-refractivity contribution in [1.82, 2.24) is 4.90 Å². The van der Waals surface area contributed by atoms with Crippen LogP contribution in [0.4, 0.5) is 4.79 Å². The zero-order valence-electron chi connectivity index (χ0n) is 13.2. The number of carbonyl (C=O) groups is 1. The second-order valence-electron chi connectivity index (χ2n) is 5.13. The summed E-state index contributed by atoms with van der Waals surface area (Å²) in [6, 6.07) is 0. The maximum atomic E-state index is 12.9. The summed E-state index contributed by atoms with van der Waals surface area (Å²) in [5.74, 6) is 0. The minimum Gasteiger partial charge on any atom is -0.449 e. The highest BCUT2D eigenvalue weighted by Crippen LogP contribution is 2.56. The lowest BCUT2D eigenvalue weighted by atomic mass is 10.3. The molecular weight excluding hydrogens is 293 g/mol. The molecule has 0 fully saturated rings. The van der Waals surface area contributed by atoms with E-state index in [1.54, 1.807) is 46.8 Å². The fourth-order valence-corrected chi connectivity index (χ4v) is 3.84. The van der Waals surface area contributed by atoms with Gasteiger partial charge in [-0.1, -0.05) is 0 Å². The van der Waals surface area contributed by atoms with Gasteiger partial charge in [-0.05, 0) is 46.8 Å². The maximum absolute atomic E-state index is 12.9. The molecule has 120 valence electrons. The van der Waals surface area contributed by atoms with Gasteiger partial charge in [-0.2, -0.15) is 0 Å². The van der Waals surface area contributed by atoms with Crippen molar-refractivity contribution in [2.24, 2.45) is 0 Å². The van der Waals surface area contributed by atoms with Gasteiger partial charge in [0.1, 0.15) is 5.66 Å². The molecule has 0 aromatic carbocycles. The maximum Gasteiger partial charge on any atom is 0.417 e. The first-order valence-electron chi connectivity index (χ1n) is 7.06. The number of ether oxygens (including phenoxy) is 1. The molecule has 0 atom stereocenters. The van der Waals surface area contributed by atoms with Crippen LogP contribution in [0.2, 0.25) is 0 Å². The first-order chi connectivity index (χ1) is 9.78. The Morgan fingerprint density at radius 3 is 2.00 bits per heavy atom. The van der Waals surface area contributed by atoms with Crippen LogP contribution in [0.1, 0.15) is 34.6 Å². The standard InChI is InChI=1S/C14H24NO5P/c1-6-18-14(16)15-9-7-13(8-10-15)21(17,19-11(2)3)20-12(4)5/h7-13H,6H2,1-5H3. The van der Waals surface area contributed by atoms with Crippen molar-refractivity contribution >= 4 is 13.7 Å². The predicted molar refractivity (Wildman–Crippen MR) is 81.0 cm³/mol. The molecule has 1 rings (SSSR count). The molecule has 0 N–H and O–H groups in total. The molecule has 21 heavy (non-hydrogen) atoms. The summed E-state index contributed by atoms with van der Waals surface area (Å²) in [5.41, 5.74) is -0.520. The van der Waals surface area contributed by atoms with Crippen LogP contribution < -0.4 is 0 Å². The van der Waals surface area contributed by atoms with Crippen LogP contribution in [-0.4, -0.2) is 35.5 Å². The van der Waals surface area contributed by atoms with Crippen molar-refractivity contribution in [2.45, 2.75) is 52.5 Å². The SMILES string of the molecule is CCOC(=O)N1C=CC(P(=O)(OC(C)C)OC(C)C)C=C1. The van der Waals surface area contributed by atoms with Crippen molar-refractivity contribution in [1.29, 1.82) is 0 Å². The van der Waals surface area contributed by atoms with E-state index in [0.29, 0.717) is 6.61 Å². The van der Waals surface area contributed by atoms with Crippen molar-refractivity contribution in [3.63, 3.8) is 0 Å². The Bertz CT molecular complexity index is 430. The summed E-state index contributed by atoms with van der Waals surface area (Å²) >= 11 is 0. The van der Waals surface area contributed by atoms with Crippen molar-refractivity contribution < 1.29 is 23.1 Å².